The van der Waals surface area contributed by atoms with Gasteiger partial charge < -0.3 is 14.8 Å². The number of benzene rings is 2. The van der Waals surface area contributed by atoms with Crippen LogP contribution in [0.5, 0.6) is 11.5 Å². The Morgan fingerprint density at radius 2 is 1.83 bits per heavy atom. The van der Waals surface area contributed by atoms with Crippen molar-refractivity contribution in [2.75, 3.05) is 12.4 Å². The Kier molecular flexibility index (Phi) is 6.10. The number of nitrogens with one attached hydrogen (secondary N) is 1. The highest BCUT2D eigenvalue weighted by atomic mass is 35.5. The van der Waals surface area contributed by atoms with Crippen LogP contribution >= 0.6 is 11.6 Å². The molecule has 0 bridgehead atoms. The molecule has 0 saturated heterocycles. The minimum atomic E-state index is -0.577. The van der Waals surface area contributed by atoms with Crippen LogP contribution in [-0.4, -0.2) is 19.1 Å². The van der Waals surface area contributed by atoms with E-state index in [0.717, 1.165) is 11.1 Å². The summed E-state index contributed by atoms with van der Waals surface area (Å²) in [6.45, 7) is 5.91. The number of anilines is 1. The zero-order valence-corrected chi connectivity index (χ0v) is 15.1. The second-order valence-electron chi connectivity index (χ2n) is 5.68. The molecule has 0 aliphatic rings. The van der Waals surface area contributed by atoms with Crippen LogP contribution in [0.3, 0.4) is 0 Å². The number of methoxy groups -OCH3 is 1. The molecule has 5 heteroatoms. The number of carbonyl (C=O) groups excluding carboxylic acids is 1. The molecule has 4 nitrogen and oxygen atoms in total. The van der Waals surface area contributed by atoms with Crippen LogP contribution in [0.2, 0.25) is 5.02 Å². The molecule has 2 rings (SSSR count). The van der Waals surface area contributed by atoms with Crippen molar-refractivity contribution >= 4 is 23.2 Å². The van der Waals surface area contributed by atoms with Gasteiger partial charge in [0.1, 0.15) is 11.5 Å². The van der Waals surface area contributed by atoms with Gasteiger partial charge in [-0.05, 0) is 61.7 Å². The minimum Gasteiger partial charge on any atom is -0.495 e. The van der Waals surface area contributed by atoms with Crippen molar-refractivity contribution in [1.29, 1.82) is 0 Å². The normalized spacial score (nSPS) is 11.7. The van der Waals surface area contributed by atoms with Crippen molar-refractivity contribution < 1.29 is 14.3 Å². The van der Waals surface area contributed by atoms with Crippen LogP contribution in [0.4, 0.5) is 5.69 Å². The summed E-state index contributed by atoms with van der Waals surface area (Å²) in [4.78, 5) is 12.5. The van der Waals surface area contributed by atoms with Crippen molar-refractivity contribution in [1.82, 2.24) is 0 Å². The first-order valence-corrected chi connectivity index (χ1v) is 8.20. The van der Waals surface area contributed by atoms with Gasteiger partial charge >= 0.3 is 0 Å². The second-order valence-corrected chi connectivity index (χ2v) is 6.08. The summed E-state index contributed by atoms with van der Waals surface area (Å²) in [5.74, 6) is 1.05. The zero-order chi connectivity index (χ0) is 17.7. The topological polar surface area (TPSA) is 47.6 Å². The maximum absolute atomic E-state index is 12.5. The Hall–Kier alpha value is -2.20. The van der Waals surface area contributed by atoms with Crippen LogP contribution in [-0.2, 0) is 4.79 Å². The number of hydrogen-bond acceptors (Lipinski definition) is 3. The second kappa shape index (κ2) is 8.06. The summed E-state index contributed by atoms with van der Waals surface area (Å²) in [5, 5.41) is 3.27. The minimum absolute atomic E-state index is 0.210. The molecule has 0 heterocycles. The largest absolute Gasteiger partial charge is 0.495 e. The Bertz CT molecular complexity index is 710. The summed E-state index contributed by atoms with van der Waals surface area (Å²) >= 11 is 6.08. The molecule has 1 amide bonds. The number of carbonyl (C=O) groups is 1. The third kappa shape index (κ3) is 4.65. The molecule has 1 N–H and O–H groups in total. The van der Waals surface area contributed by atoms with Gasteiger partial charge in [0.25, 0.3) is 5.91 Å². The van der Waals surface area contributed by atoms with Crippen LogP contribution in [0.25, 0.3) is 0 Å². The van der Waals surface area contributed by atoms with Crippen LogP contribution in [0, 0.1) is 13.8 Å². The van der Waals surface area contributed by atoms with Gasteiger partial charge in [-0.15, -0.1) is 0 Å². The fourth-order valence-corrected chi connectivity index (χ4v) is 2.71. The molecule has 0 aliphatic carbocycles. The van der Waals surface area contributed by atoms with E-state index in [1.165, 1.54) is 0 Å². The van der Waals surface area contributed by atoms with Crippen molar-refractivity contribution in [3.63, 3.8) is 0 Å². The molecular formula is C19H22ClNO3. The average Bonchev–Trinajstić information content (AvgIpc) is 2.51. The maximum atomic E-state index is 12.5. The quantitative estimate of drug-likeness (QED) is 0.819. The van der Waals surface area contributed by atoms with Crippen LogP contribution in [0.15, 0.2) is 36.4 Å². The molecule has 24 heavy (non-hydrogen) atoms. The van der Waals surface area contributed by atoms with E-state index in [4.69, 9.17) is 21.1 Å². The van der Waals surface area contributed by atoms with Crippen LogP contribution in [0.1, 0.15) is 24.5 Å². The molecule has 0 saturated carbocycles. The Balaban J connectivity index is 2.09. The van der Waals surface area contributed by atoms with Crippen molar-refractivity contribution in [2.24, 2.45) is 0 Å². The first-order valence-electron chi connectivity index (χ1n) is 7.82. The van der Waals surface area contributed by atoms with Crippen molar-refractivity contribution in [3.8, 4) is 11.5 Å². The highest BCUT2D eigenvalue weighted by molar-refractivity contribution is 6.32. The average molecular weight is 348 g/mol. The van der Waals surface area contributed by atoms with E-state index < -0.39 is 6.10 Å². The predicted molar refractivity (Wildman–Crippen MR) is 97.3 cm³/mol. The monoisotopic (exact) mass is 347 g/mol. The lowest BCUT2D eigenvalue weighted by molar-refractivity contribution is -0.122. The SMILES string of the molecule is CCC(Oc1cc(C)cc(C)c1)C(=O)Nc1ccc(OC)c(Cl)c1. The fourth-order valence-electron chi connectivity index (χ4n) is 2.45. The Morgan fingerprint density at radius 3 is 2.38 bits per heavy atom. The number of halogens is 1. The number of rotatable bonds is 6. The zero-order valence-electron chi connectivity index (χ0n) is 14.4. The van der Waals surface area contributed by atoms with E-state index in [0.29, 0.717) is 28.6 Å². The number of ether oxygens (including phenoxy) is 2. The molecule has 0 radical (unpaired) electrons. The lowest BCUT2D eigenvalue weighted by Crippen LogP contribution is -2.32. The van der Waals surface area contributed by atoms with E-state index >= 15 is 0 Å². The highest BCUT2D eigenvalue weighted by Crippen LogP contribution is 2.27. The van der Waals surface area contributed by atoms with Gasteiger partial charge in [-0.2, -0.15) is 0 Å². The summed E-state index contributed by atoms with van der Waals surface area (Å²) in [7, 11) is 1.55. The summed E-state index contributed by atoms with van der Waals surface area (Å²) < 4.78 is 11.0. The van der Waals surface area contributed by atoms with Gasteiger partial charge in [-0.1, -0.05) is 24.6 Å². The first-order chi connectivity index (χ1) is 11.4. The molecule has 2 aromatic rings. The van der Waals surface area contributed by atoms with Gasteiger partial charge in [0, 0.05) is 5.69 Å². The lowest BCUT2D eigenvalue weighted by atomic mass is 10.1. The molecule has 0 spiro atoms. The van der Waals surface area contributed by atoms with Gasteiger partial charge in [0.15, 0.2) is 6.10 Å². The van der Waals surface area contributed by atoms with Crippen molar-refractivity contribution in [3.05, 3.63) is 52.5 Å². The molecule has 0 fully saturated rings. The lowest BCUT2D eigenvalue weighted by Gasteiger charge is -2.18. The maximum Gasteiger partial charge on any atom is 0.265 e. The number of hydrogen-bond donors (Lipinski definition) is 1. The van der Waals surface area contributed by atoms with E-state index in [9.17, 15) is 4.79 Å². The smallest absolute Gasteiger partial charge is 0.265 e. The number of aryl methyl sites for hydroxylation is 2. The molecular weight excluding hydrogens is 326 g/mol. The van der Waals surface area contributed by atoms with Gasteiger partial charge in [-0.25, -0.2) is 0 Å². The summed E-state index contributed by atoms with van der Waals surface area (Å²) in [6.07, 6.45) is -0.0185. The Morgan fingerprint density at radius 1 is 1.17 bits per heavy atom. The Labute approximate surface area is 147 Å². The van der Waals surface area contributed by atoms with Crippen LogP contribution < -0.4 is 14.8 Å². The van der Waals surface area contributed by atoms with Gasteiger partial charge in [-0.3, -0.25) is 4.79 Å². The fraction of sp³-hybridized carbons (Fsp3) is 0.316. The molecule has 0 aliphatic heterocycles. The molecule has 2 aromatic carbocycles. The van der Waals surface area contributed by atoms with Gasteiger partial charge in [0.05, 0.1) is 12.1 Å². The molecule has 0 aromatic heterocycles. The van der Waals surface area contributed by atoms with E-state index in [2.05, 4.69) is 11.4 Å². The molecule has 1 atom stereocenters. The molecule has 1 unspecified atom stereocenters. The molecule has 128 valence electrons. The van der Waals surface area contributed by atoms with E-state index in [1.54, 1.807) is 25.3 Å². The third-order valence-corrected chi connectivity index (χ3v) is 3.85. The summed E-state index contributed by atoms with van der Waals surface area (Å²) in [5.41, 5.74) is 2.80. The summed E-state index contributed by atoms with van der Waals surface area (Å²) in [6, 6.07) is 11.0. The van der Waals surface area contributed by atoms with Gasteiger partial charge in [0.2, 0.25) is 0 Å². The standard InChI is InChI=1S/C19H22ClNO3/c1-5-17(24-15-9-12(2)8-13(3)10-15)19(22)21-14-6-7-18(23-4)16(20)11-14/h6-11,17H,5H2,1-4H3,(H,21,22). The van der Waals surface area contributed by atoms with Crippen molar-refractivity contribution in [2.45, 2.75) is 33.3 Å². The van der Waals surface area contributed by atoms with E-state index in [-0.39, 0.29) is 5.91 Å². The highest BCUT2D eigenvalue weighted by Gasteiger charge is 2.19. The third-order valence-electron chi connectivity index (χ3n) is 3.56. The predicted octanol–water partition coefficient (Wildman–Crippen LogP) is 4.76. The van der Waals surface area contributed by atoms with E-state index in [1.807, 2.05) is 32.9 Å². The number of amides is 1. The first kappa shape index (κ1) is 18.1.